The van der Waals surface area contributed by atoms with Gasteiger partial charge in [0.05, 0.1) is 10.5 Å². The van der Waals surface area contributed by atoms with Crippen molar-refractivity contribution >= 4 is 17.5 Å². The van der Waals surface area contributed by atoms with Crippen LogP contribution in [0.2, 0.25) is 0 Å². The van der Waals surface area contributed by atoms with Gasteiger partial charge in [-0.25, -0.2) is 9.78 Å². The highest BCUT2D eigenvalue weighted by Crippen LogP contribution is 2.24. The first-order valence-electron chi connectivity index (χ1n) is 6.37. The smallest absolute Gasteiger partial charge is 0.337 e. The number of pyridine rings is 1. The second-order valence-electron chi connectivity index (χ2n) is 4.59. The lowest BCUT2D eigenvalue weighted by molar-refractivity contribution is -0.384. The minimum atomic E-state index is -1.23. The SMILES string of the molecule is O=C(O)c1cnc(NCCC2=CCCC2)c([N+](=O)[O-])c1. The molecule has 0 aromatic carbocycles. The molecule has 0 atom stereocenters. The van der Waals surface area contributed by atoms with E-state index < -0.39 is 10.9 Å². The molecule has 0 radical (unpaired) electrons. The number of hydrogen-bond acceptors (Lipinski definition) is 5. The van der Waals surface area contributed by atoms with Crippen LogP contribution in [-0.2, 0) is 0 Å². The quantitative estimate of drug-likeness (QED) is 0.470. The molecule has 0 fully saturated rings. The highest BCUT2D eigenvalue weighted by atomic mass is 16.6. The summed E-state index contributed by atoms with van der Waals surface area (Å²) in [6.45, 7) is 0.548. The van der Waals surface area contributed by atoms with E-state index in [9.17, 15) is 14.9 Å². The Morgan fingerprint density at radius 3 is 2.95 bits per heavy atom. The second kappa shape index (κ2) is 6.14. The van der Waals surface area contributed by atoms with Crippen LogP contribution in [0.4, 0.5) is 11.5 Å². The average Bonchev–Trinajstić information content (AvgIpc) is 2.91. The van der Waals surface area contributed by atoms with E-state index in [0.29, 0.717) is 6.54 Å². The molecule has 0 amide bonds. The molecule has 0 unspecified atom stereocenters. The van der Waals surface area contributed by atoms with Gasteiger partial charge in [0.15, 0.2) is 0 Å². The van der Waals surface area contributed by atoms with Crippen molar-refractivity contribution in [3.05, 3.63) is 39.6 Å². The van der Waals surface area contributed by atoms with E-state index in [2.05, 4.69) is 16.4 Å². The average molecular weight is 277 g/mol. The number of hydrogen-bond donors (Lipinski definition) is 2. The van der Waals surface area contributed by atoms with Crippen molar-refractivity contribution in [1.29, 1.82) is 0 Å². The molecular weight excluding hydrogens is 262 g/mol. The lowest BCUT2D eigenvalue weighted by atomic mass is 10.1. The van der Waals surface area contributed by atoms with E-state index in [1.165, 1.54) is 12.0 Å². The van der Waals surface area contributed by atoms with E-state index in [1.807, 2.05) is 0 Å². The molecule has 20 heavy (non-hydrogen) atoms. The number of nitrogens with one attached hydrogen (secondary N) is 1. The van der Waals surface area contributed by atoms with Gasteiger partial charge >= 0.3 is 11.7 Å². The molecule has 1 aliphatic rings. The summed E-state index contributed by atoms with van der Waals surface area (Å²) < 4.78 is 0. The van der Waals surface area contributed by atoms with Gasteiger partial charge in [-0.2, -0.15) is 0 Å². The molecule has 0 saturated heterocycles. The fourth-order valence-electron chi connectivity index (χ4n) is 2.15. The summed E-state index contributed by atoms with van der Waals surface area (Å²) in [5.74, 6) is -1.12. The molecular formula is C13H15N3O4. The van der Waals surface area contributed by atoms with E-state index in [1.54, 1.807) is 0 Å². The van der Waals surface area contributed by atoms with Crippen molar-refractivity contribution in [3.63, 3.8) is 0 Å². The first-order valence-corrected chi connectivity index (χ1v) is 6.37. The molecule has 2 rings (SSSR count). The summed E-state index contributed by atoms with van der Waals surface area (Å²) in [4.78, 5) is 24.9. The molecule has 1 aromatic heterocycles. The molecule has 7 heteroatoms. The summed E-state index contributed by atoms with van der Waals surface area (Å²) in [7, 11) is 0. The van der Waals surface area contributed by atoms with Gasteiger partial charge < -0.3 is 10.4 Å². The Morgan fingerprint density at radius 1 is 1.55 bits per heavy atom. The van der Waals surface area contributed by atoms with Gasteiger partial charge in [0.1, 0.15) is 0 Å². The Balaban J connectivity index is 2.06. The van der Waals surface area contributed by atoms with Crippen molar-refractivity contribution in [2.75, 3.05) is 11.9 Å². The van der Waals surface area contributed by atoms with Crippen molar-refractivity contribution < 1.29 is 14.8 Å². The van der Waals surface area contributed by atoms with Crippen LogP contribution in [0.25, 0.3) is 0 Å². The van der Waals surface area contributed by atoms with Crippen LogP contribution in [-0.4, -0.2) is 27.5 Å². The minimum absolute atomic E-state index is 0.110. The second-order valence-corrected chi connectivity index (χ2v) is 4.59. The molecule has 0 saturated carbocycles. The van der Waals surface area contributed by atoms with E-state index in [-0.39, 0.29) is 17.1 Å². The van der Waals surface area contributed by atoms with Crippen molar-refractivity contribution in [1.82, 2.24) is 4.98 Å². The van der Waals surface area contributed by atoms with Gasteiger partial charge in [-0.15, -0.1) is 0 Å². The van der Waals surface area contributed by atoms with Gasteiger partial charge in [0.2, 0.25) is 5.82 Å². The first kappa shape index (κ1) is 14.0. The molecule has 1 aliphatic carbocycles. The lowest BCUT2D eigenvalue weighted by Crippen LogP contribution is -2.08. The highest BCUT2D eigenvalue weighted by Gasteiger charge is 2.18. The Morgan fingerprint density at radius 2 is 2.35 bits per heavy atom. The van der Waals surface area contributed by atoms with E-state index >= 15 is 0 Å². The number of aromatic carboxylic acids is 1. The van der Waals surface area contributed by atoms with Crippen molar-refractivity contribution in [3.8, 4) is 0 Å². The number of carboxylic acid groups (broad SMARTS) is 1. The maximum Gasteiger partial charge on any atom is 0.337 e. The summed E-state index contributed by atoms with van der Waals surface area (Å²) in [6, 6.07) is 1.02. The fraction of sp³-hybridized carbons (Fsp3) is 0.385. The van der Waals surface area contributed by atoms with Gasteiger partial charge in [-0.1, -0.05) is 11.6 Å². The molecule has 0 aliphatic heterocycles. The molecule has 0 bridgehead atoms. The maximum absolute atomic E-state index is 10.9. The Labute approximate surface area is 115 Å². The predicted molar refractivity (Wildman–Crippen MR) is 72.9 cm³/mol. The third kappa shape index (κ3) is 3.31. The summed E-state index contributed by atoms with van der Waals surface area (Å²) >= 11 is 0. The van der Waals surface area contributed by atoms with Crippen molar-refractivity contribution in [2.45, 2.75) is 25.7 Å². The van der Waals surface area contributed by atoms with Gasteiger partial charge in [-0.05, 0) is 25.7 Å². The maximum atomic E-state index is 10.9. The number of rotatable bonds is 6. The lowest BCUT2D eigenvalue weighted by Gasteiger charge is -2.07. The minimum Gasteiger partial charge on any atom is -0.478 e. The first-order chi connectivity index (χ1) is 9.58. The Bertz CT molecular complexity index is 569. The van der Waals surface area contributed by atoms with Gasteiger partial charge in [-0.3, -0.25) is 10.1 Å². The van der Waals surface area contributed by atoms with E-state index in [0.717, 1.165) is 31.5 Å². The number of carboxylic acids is 1. The van der Waals surface area contributed by atoms with Crippen LogP contribution in [0.3, 0.4) is 0 Å². The number of aromatic nitrogens is 1. The van der Waals surface area contributed by atoms with E-state index in [4.69, 9.17) is 5.11 Å². The van der Waals surface area contributed by atoms with Gasteiger partial charge in [0.25, 0.3) is 0 Å². The molecule has 1 aromatic rings. The molecule has 7 nitrogen and oxygen atoms in total. The molecule has 106 valence electrons. The Kier molecular flexibility index (Phi) is 4.29. The Hall–Kier alpha value is -2.44. The highest BCUT2D eigenvalue weighted by molar-refractivity contribution is 5.88. The fourth-order valence-corrected chi connectivity index (χ4v) is 2.15. The summed E-state index contributed by atoms with van der Waals surface area (Å²) in [5, 5.41) is 22.6. The van der Waals surface area contributed by atoms with Crippen LogP contribution >= 0.6 is 0 Å². The monoisotopic (exact) mass is 277 g/mol. The number of anilines is 1. The van der Waals surface area contributed by atoms with Crippen LogP contribution in [0.5, 0.6) is 0 Å². The summed E-state index contributed by atoms with van der Waals surface area (Å²) in [5.41, 5.74) is 0.841. The third-order valence-corrected chi connectivity index (χ3v) is 3.18. The third-order valence-electron chi connectivity index (χ3n) is 3.18. The van der Waals surface area contributed by atoms with Crippen LogP contribution in [0.1, 0.15) is 36.0 Å². The number of allylic oxidation sites excluding steroid dienone is 1. The number of carbonyl (C=O) groups is 1. The molecule has 1 heterocycles. The predicted octanol–water partition coefficient (Wildman–Crippen LogP) is 2.60. The zero-order valence-corrected chi connectivity index (χ0v) is 10.8. The van der Waals surface area contributed by atoms with Crippen LogP contribution in [0.15, 0.2) is 23.9 Å². The van der Waals surface area contributed by atoms with Gasteiger partial charge in [0, 0.05) is 18.8 Å². The normalized spacial score (nSPS) is 13.9. The largest absolute Gasteiger partial charge is 0.478 e. The zero-order chi connectivity index (χ0) is 14.5. The standard InChI is InChI=1S/C13H15N3O4/c17-13(18)10-7-11(16(19)20)12(15-8-10)14-6-5-9-3-1-2-4-9/h3,7-8H,1-2,4-6H2,(H,14,15)(H,17,18). The number of nitro groups is 1. The molecule has 2 N–H and O–H groups in total. The molecule has 0 spiro atoms. The zero-order valence-electron chi connectivity index (χ0n) is 10.8. The van der Waals surface area contributed by atoms with Crippen LogP contribution in [0, 0.1) is 10.1 Å². The van der Waals surface area contributed by atoms with Crippen LogP contribution < -0.4 is 5.32 Å². The topological polar surface area (TPSA) is 105 Å². The number of nitrogens with zero attached hydrogens (tertiary/aromatic N) is 2. The van der Waals surface area contributed by atoms with Crippen molar-refractivity contribution in [2.24, 2.45) is 0 Å². The summed E-state index contributed by atoms with van der Waals surface area (Å²) in [6.07, 6.45) is 7.47.